The first kappa shape index (κ1) is 29.4. The molecule has 3 atom stereocenters. The Bertz CT molecular complexity index is 1170. The van der Waals surface area contributed by atoms with Gasteiger partial charge in [-0.1, -0.05) is 38.1 Å². The molecule has 0 aliphatic heterocycles. The fourth-order valence-corrected chi connectivity index (χ4v) is 4.78. The molecule has 2 aromatic carbocycles. The fraction of sp³-hybridized carbons (Fsp3) is 0.433. The van der Waals surface area contributed by atoms with E-state index in [1.807, 2.05) is 26.0 Å². The second-order valence-electron chi connectivity index (χ2n) is 10.1. The van der Waals surface area contributed by atoms with E-state index in [-0.39, 0.29) is 31.4 Å². The number of halogens is 1. The summed E-state index contributed by atoms with van der Waals surface area (Å²) in [6.45, 7) is 3.99. The Hall–Kier alpha value is -3.20. The lowest BCUT2D eigenvalue weighted by atomic mass is 9.71. The van der Waals surface area contributed by atoms with Gasteiger partial charge in [-0.05, 0) is 53.5 Å². The number of allylic oxidation sites excluding steroid dienone is 2. The molecule has 0 radical (unpaired) electrons. The highest BCUT2D eigenvalue weighted by molar-refractivity contribution is 5.73. The third kappa shape index (κ3) is 7.01. The van der Waals surface area contributed by atoms with Gasteiger partial charge in [-0.2, -0.15) is 0 Å². The molecule has 0 aromatic heterocycles. The molecule has 0 saturated carbocycles. The van der Waals surface area contributed by atoms with Crippen molar-refractivity contribution in [3.63, 3.8) is 0 Å². The minimum atomic E-state index is -1.00. The van der Waals surface area contributed by atoms with Crippen LogP contribution in [0.4, 0.5) is 4.39 Å². The van der Waals surface area contributed by atoms with Crippen LogP contribution in [0.5, 0.6) is 11.5 Å². The first-order valence-electron chi connectivity index (χ1n) is 12.5. The van der Waals surface area contributed by atoms with Gasteiger partial charge in [0.2, 0.25) is 0 Å². The molecular weight excluding hydrogens is 491 g/mol. The predicted octanol–water partition coefficient (Wildman–Crippen LogP) is 4.87. The molecule has 0 amide bonds. The summed E-state index contributed by atoms with van der Waals surface area (Å²) in [6, 6.07) is 11.6. The van der Waals surface area contributed by atoms with E-state index in [0.717, 1.165) is 11.1 Å². The normalized spacial score (nSPS) is 17.2. The van der Waals surface area contributed by atoms with Gasteiger partial charge in [-0.3, -0.25) is 4.79 Å². The summed E-state index contributed by atoms with van der Waals surface area (Å²) < 4.78 is 36.9. The molecule has 0 saturated heterocycles. The largest absolute Gasteiger partial charge is 0.497 e. The second kappa shape index (κ2) is 13.0. The molecular formula is C30H37FO7. The maximum Gasteiger partial charge on any atom is 0.308 e. The molecule has 8 heteroatoms. The minimum absolute atomic E-state index is 0.105. The van der Waals surface area contributed by atoms with Crippen molar-refractivity contribution in [2.45, 2.75) is 38.9 Å². The second-order valence-corrected chi connectivity index (χ2v) is 10.1. The summed E-state index contributed by atoms with van der Waals surface area (Å²) >= 11 is 0. The average molecular weight is 529 g/mol. The zero-order chi connectivity index (χ0) is 27.9. The lowest BCUT2D eigenvalue weighted by Gasteiger charge is -2.40. The number of carbonyl (C=O) groups excluding carboxylic acids is 1. The maximum absolute atomic E-state index is 15.0. The number of hydrogen-bond acceptors (Lipinski definition) is 7. The molecule has 0 fully saturated rings. The van der Waals surface area contributed by atoms with Crippen LogP contribution in [0.3, 0.4) is 0 Å². The highest BCUT2D eigenvalue weighted by Crippen LogP contribution is 2.43. The van der Waals surface area contributed by atoms with Gasteiger partial charge in [0.15, 0.2) is 0 Å². The molecule has 7 nitrogen and oxygen atoms in total. The topological polar surface area (TPSA) is 94.5 Å². The van der Waals surface area contributed by atoms with Gasteiger partial charge < -0.3 is 29.2 Å². The summed E-state index contributed by atoms with van der Waals surface area (Å²) in [7, 11) is 4.41. The van der Waals surface area contributed by atoms with E-state index in [0.29, 0.717) is 29.0 Å². The summed E-state index contributed by atoms with van der Waals surface area (Å²) in [4.78, 5) is 11.5. The number of benzene rings is 2. The van der Waals surface area contributed by atoms with Crippen molar-refractivity contribution in [1.29, 1.82) is 0 Å². The van der Waals surface area contributed by atoms with E-state index >= 15 is 0 Å². The third-order valence-electron chi connectivity index (χ3n) is 6.92. The van der Waals surface area contributed by atoms with Crippen molar-refractivity contribution in [1.82, 2.24) is 0 Å². The molecule has 2 unspecified atom stereocenters. The van der Waals surface area contributed by atoms with Gasteiger partial charge in [0.25, 0.3) is 0 Å². The van der Waals surface area contributed by atoms with Crippen molar-refractivity contribution >= 4 is 11.5 Å². The number of rotatable bonds is 12. The molecule has 1 aliphatic rings. The van der Waals surface area contributed by atoms with E-state index in [4.69, 9.17) is 14.2 Å². The van der Waals surface area contributed by atoms with Crippen LogP contribution in [0, 0.1) is 17.2 Å². The number of esters is 1. The van der Waals surface area contributed by atoms with Crippen molar-refractivity contribution in [3.05, 3.63) is 77.1 Å². The van der Waals surface area contributed by atoms with Crippen molar-refractivity contribution in [2.75, 3.05) is 34.5 Å². The molecule has 0 bridgehead atoms. The zero-order valence-electron chi connectivity index (χ0n) is 22.6. The molecule has 0 spiro atoms. The van der Waals surface area contributed by atoms with Gasteiger partial charge in [0, 0.05) is 24.0 Å². The van der Waals surface area contributed by atoms with Crippen LogP contribution < -0.4 is 9.47 Å². The number of aliphatic hydroxyl groups is 2. The van der Waals surface area contributed by atoms with Crippen molar-refractivity contribution in [2.24, 2.45) is 11.3 Å². The van der Waals surface area contributed by atoms with E-state index in [1.165, 1.54) is 20.3 Å². The van der Waals surface area contributed by atoms with Gasteiger partial charge in [0.1, 0.15) is 23.9 Å². The summed E-state index contributed by atoms with van der Waals surface area (Å²) in [6.07, 6.45) is 2.75. The lowest BCUT2D eigenvalue weighted by Crippen LogP contribution is -2.41. The number of methoxy groups -OCH3 is 3. The summed E-state index contributed by atoms with van der Waals surface area (Å²) in [5.41, 5.74) is 2.09. The molecule has 38 heavy (non-hydrogen) atoms. The van der Waals surface area contributed by atoms with Crippen LogP contribution in [0.1, 0.15) is 43.9 Å². The van der Waals surface area contributed by atoms with Gasteiger partial charge in [-0.15, -0.1) is 0 Å². The molecule has 2 aromatic rings. The molecule has 2 N–H and O–H groups in total. The highest BCUT2D eigenvalue weighted by Gasteiger charge is 2.39. The van der Waals surface area contributed by atoms with Crippen LogP contribution in [0.15, 0.2) is 60.2 Å². The SMILES string of the molecule is COC(=O)C[C@@H](O)c1cccc(OCC2=CC=C(c3cc(OC)ccc3F)C(C(OC)C(C)(C)CO)C2)c1. The Balaban J connectivity index is 1.88. The first-order valence-corrected chi connectivity index (χ1v) is 12.5. The number of carbonyl (C=O) groups is 1. The number of hydrogen-bond donors (Lipinski definition) is 2. The predicted molar refractivity (Wildman–Crippen MR) is 142 cm³/mol. The average Bonchev–Trinajstić information content (AvgIpc) is 2.92. The fourth-order valence-electron chi connectivity index (χ4n) is 4.78. The van der Waals surface area contributed by atoms with Gasteiger partial charge in [0.05, 0.1) is 39.5 Å². The van der Waals surface area contributed by atoms with Crippen molar-refractivity contribution < 1.29 is 38.3 Å². The maximum atomic E-state index is 15.0. The Morgan fingerprint density at radius 1 is 1.11 bits per heavy atom. The van der Waals surface area contributed by atoms with Crippen molar-refractivity contribution in [3.8, 4) is 11.5 Å². The first-order chi connectivity index (χ1) is 18.1. The van der Waals surface area contributed by atoms with Crippen LogP contribution in [0.2, 0.25) is 0 Å². The van der Waals surface area contributed by atoms with Crippen LogP contribution in [-0.4, -0.2) is 56.8 Å². The van der Waals surface area contributed by atoms with Crippen LogP contribution in [-0.2, 0) is 14.3 Å². The Kier molecular flexibility index (Phi) is 10.1. The van der Waals surface area contributed by atoms with Crippen LogP contribution >= 0.6 is 0 Å². The summed E-state index contributed by atoms with van der Waals surface area (Å²) in [5, 5.41) is 20.4. The third-order valence-corrected chi connectivity index (χ3v) is 6.92. The Morgan fingerprint density at radius 3 is 2.53 bits per heavy atom. The standard InChI is InChI=1S/C30H37FO7/c1-30(2,18-32)29(37-5)25-13-19(9-11-23(25)24-15-21(35-3)10-12-26(24)31)17-38-22-8-6-7-20(14-22)27(33)16-28(34)36-4/h6-12,14-15,25,27,29,32-33H,13,16-18H2,1-5H3/t25?,27-,29?/m1/s1. The van der Waals surface area contributed by atoms with Gasteiger partial charge in [-0.25, -0.2) is 4.39 Å². The molecule has 1 aliphatic carbocycles. The Morgan fingerprint density at radius 2 is 1.87 bits per heavy atom. The molecule has 0 heterocycles. The highest BCUT2D eigenvalue weighted by atomic mass is 19.1. The quantitative estimate of drug-likeness (QED) is 0.380. The van der Waals surface area contributed by atoms with E-state index in [9.17, 15) is 19.4 Å². The van der Waals surface area contributed by atoms with Crippen LogP contribution in [0.25, 0.3) is 5.57 Å². The zero-order valence-corrected chi connectivity index (χ0v) is 22.6. The van der Waals surface area contributed by atoms with Gasteiger partial charge >= 0.3 is 5.97 Å². The smallest absolute Gasteiger partial charge is 0.308 e. The number of aliphatic hydroxyl groups excluding tert-OH is 2. The number of ether oxygens (including phenoxy) is 4. The molecule has 206 valence electrons. The van der Waals surface area contributed by atoms with E-state index in [2.05, 4.69) is 4.74 Å². The summed E-state index contributed by atoms with van der Waals surface area (Å²) in [5.74, 6) is -0.0502. The minimum Gasteiger partial charge on any atom is -0.497 e. The van der Waals surface area contributed by atoms with E-state index < -0.39 is 23.6 Å². The molecule has 3 rings (SSSR count). The monoisotopic (exact) mass is 528 g/mol. The van der Waals surface area contributed by atoms with E-state index in [1.54, 1.807) is 43.5 Å². The Labute approximate surface area is 223 Å². The lowest BCUT2D eigenvalue weighted by molar-refractivity contribution is -0.142.